The summed E-state index contributed by atoms with van der Waals surface area (Å²) in [5, 5.41) is 12.0. The third kappa shape index (κ3) is 4.35. The van der Waals surface area contributed by atoms with E-state index < -0.39 is 0 Å². The van der Waals surface area contributed by atoms with Gasteiger partial charge in [-0.2, -0.15) is 0 Å². The van der Waals surface area contributed by atoms with Crippen molar-refractivity contribution in [2.75, 3.05) is 6.54 Å². The lowest BCUT2D eigenvalue weighted by Crippen LogP contribution is -2.31. The molecule has 0 aliphatic carbocycles. The fourth-order valence-corrected chi connectivity index (χ4v) is 3.35. The summed E-state index contributed by atoms with van der Waals surface area (Å²) in [6.45, 7) is 5.20. The van der Waals surface area contributed by atoms with Gasteiger partial charge in [0, 0.05) is 6.54 Å². The van der Waals surface area contributed by atoms with Gasteiger partial charge in [-0.15, -0.1) is 10.2 Å². The van der Waals surface area contributed by atoms with E-state index in [2.05, 4.69) is 27.6 Å². The zero-order valence-corrected chi connectivity index (χ0v) is 15.7. The molecular weight excluding hydrogens is 348 g/mol. The Labute approximate surface area is 157 Å². The molecule has 0 saturated heterocycles. The van der Waals surface area contributed by atoms with Crippen LogP contribution in [0.4, 0.5) is 0 Å². The van der Waals surface area contributed by atoms with Crippen molar-refractivity contribution in [1.29, 1.82) is 0 Å². The largest absolute Gasteiger partial charge is 0.461 e. The molecule has 0 aliphatic heterocycles. The normalized spacial score (nSPS) is 12.1. The number of hydrogen-bond donors (Lipinski definition) is 1. The summed E-state index contributed by atoms with van der Waals surface area (Å²) in [7, 11) is 0. The number of amides is 1. The average molecular weight is 370 g/mol. The predicted octanol–water partition coefficient (Wildman–Crippen LogP) is 3.59. The highest BCUT2D eigenvalue weighted by Crippen LogP contribution is 2.28. The molecule has 0 spiro atoms. The van der Waals surface area contributed by atoms with Gasteiger partial charge in [-0.1, -0.05) is 49.0 Å². The molecule has 1 unspecified atom stereocenters. The molecule has 7 heteroatoms. The lowest BCUT2D eigenvalue weighted by molar-refractivity contribution is -0.120. The highest BCUT2D eigenvalue weighted by atomic mass is 32.2. The second-order valence-electron chi connectivity index (χ2n) is 5.91. The third-order valence-electron chi connectivity index (χ3n) is 3.84. The van der Waals surface area contributed by atoms with Crippen LogP contribution in [0.5, 0.6) is 0 Å². The van der Waals surface area contributed by atoms with Crippen LogP contribution in [0, 0.1) is 0 Å². The van der Waals surface area contributed by atoms with Crippen LogP contribution in [0.1, 0.15) is 25.8 Å². The van der Waals surface area contributed by atoms with Gasteiger partial charge in [-0.05, 0) is 31.0 Å². The maximum Gasteiger partial charge on any atom is 0.233 e. The van der Waals surface area contributed by atoms with E-state index in [-0.39, 0.29) is 11.2 Å². The van der Waals surface area contributed by atoms with Gasteiger partial charge in [0.2, 0.25) is 11.7 Å². The van der Waals surface area contributed by atoms with Gasteiger partial charge in [-0.25, -0.2) is 0 Å². The van der Waals surface area contributed by atoms with Crippen molar-refractivity contribution >= 4 is 17.7 Å². The van der Waals surface area contributed by atoms with Crippen LogP contribution in [-0.4, -0.2) is 32.5 Å². The van der Waals surface area contributed by atoms with E-state index in [1.54, 1.807) is 6.26 Å². The van der Waals surface area contributed by atoms with Gasteiger partial charge >= 0.3 is 0 Å². The lowest BCUT2D eigenvalue weighted by Gasteiger charge is -2.13. The van der Waals surface area contributed by atoms with E-state index in [4.69, 9.17) is 4.42 Å². The second kappa shape index (κ2) is 8.71. The number of nitrogens with zero attached hydrogens (tertiary/aromatic N) is 3. The molecule has 0 aliphatic rings. The Kier molecular flexibility index (Phi) is 6.12. The smallest absolute Gasteiger partial charge is 0.233 e. The van der Waals surface area contributed by atoms with Gasteiger partial charge in [0.1, 0.15) is 0 Å². The monoisotopic (exact) mass is 370 g/mol. The summed E-state index contributed by atoms with van der Waals surface area (Å²) in [4.78, 5) is 12.2. The molecule has 0 fully saturated rings. The Morgan fingerprint density at radius 1 is 1.23 bits per heavy atom. The molecule has 1 atom stereocenters. The minimum absolute atomic E-state index is 0.00524. The zero-order valence-electron chi connectivity index (χ0n) is 14.9. The van der Waals surface area contributed by atoms with E-state index in [9.17, 15) is 4.79 Å². The SMILES string of the molecule is CCCNC(=O)C(C)Sc1nnc(-c2ccco2)n1Cc1ccccc1. The summed E-state index contributed by atoms with van der Waals surface area (Å²) in [6.07, 6.45) is 2.53. The molecule has 1 amide bonds. The number of thioether (sulfide) groups is 1. The number of benzene rings is 1. The molecule has 136 valence electrons. The Bertz CT molecular complexity index is 831. The number of rotatable bonds is 8. The maximum atomic E-state index is 12.2. The Balaban J connectivity index is 1.86. The van der Waals surface area contributed by atoms with Crippen molar-refractivity contribution in [1.82, 2.24) is 20.1 Å². The van der Waals surface area contributed by atoms with Gasteiger partial charge in [0.25, 0.3) is 0 Å². The molecule has 0 saturated carbocycles. The minimum Gasteiger partial charge on any atom is -0.461 e. The van der Waals surface area contributed by atoms with Crippen molar-refractivity contribution in [3.8, 4) is 11.6 Å². The van der Waals surface area contributed by atoms with E-state index in [0.717, 1.165) is 12.0 Å². The lowest BCUT2D eigenvalue weighted by atomic mass is 10.2. The van der Waals surface area contributed by atoms with Gasteiger partial charge < -0.3 is 9.73 Å². The number of nitrogens with one attached hydrogen (secondary N) is 1. The topological polar surface area (TPSA) is 73.0 Å². The molecule has 3 aromatic rings. The quantitative estimate of drug-likeness (QED) is 0.614. The van der Waals surface area contributed by atoms with Crippen LogP contribution in [-0.2, 0) is 11.3 Å². The highest BCUT2D eigenvalue weighted by molar-refractivity contribution is 8.00. The van der Waals surface area contributed by atoms with Crippen LogP contribution in [0.15, 0.2) is 58.3 Å². The molecule has 0 radical (unpaired) electrons. The Morgan fingerprint density at radius 2 is 2.04 bits per heavy atom. The van der Waals surface area contributed by atoms with Crippen LogP contribution < -0.4 is 5.32 Å². The summed E-state index contributed by atoms with van der Waals surface area (Å²) >= 11 is 1.40. The van der Waals surface area contributed by atoms with E-state index in [1.807, 2.05) is 48.7 Å². The fourth-order valence-electron chi connectivity index (χ4n) is 2.48. The third-order valence-corrected chi connectivity index (χ3v) is 4.92. The Morgan fingerprint density at radius 3 is 2.73 bits per heavy atom. The molecule has 2 heterocycles. The van der Waals surface area contributed by atoms with Gasteiger partial charge in [-0.3, -0.25) is 9.36 Å². The average Bonchev–Trinajstić information content (AvgIpc) is 3.31. The van der Waals surface area contributed by atoms with Crippen molar-refractivity contribution in [3.05, 3.63) is 54.3 Å². The second-order valence-corrected chi connectivity index (χ2v) is 7.21. The van der Waals surface area contributed by atoms with Crippen LogP contribution in [0.3, 0.4) is 0 Å². The first kappa shape index (κ1) is 18.3. The van der Waals surface area contributed by atoms with E-state index in [1.165, 1.54) is 11.8 Å². The predicted molar refractivity (Wildman–Crippen MR) is 102 cm³/mol. The maximum absolute atomic E-state index is 12.2. The molecule has 3 rings (SSSR count). The van der Waals surface area contributed by atoms with Crippen LogP contribution in [0.2, 0.25) is 0 Å². The number of hydrogen-bond acceptors (Lipinski definition) is 5. The molecule has 0 bridgehead atoms. The minimum atomic E-state index is -0.260. The summed E-state index contributed by atoms with van der Waals surface area (Å²) < 4.78 is 7.49. The number of carbonyl (C=O) groups is 1. The highest BCUT2D eigenvalue weighted by Gasteiger charge is 2.21. The summed E-state index contributed by atoms with van der Waals surface area (Å²) in [6, 6.07) is 13.8. The zero-order chi connectivity index (χ0) is 18.4. The molecule has 2 aromatic heterocycles. The number of carbonyl (C=O) groups excluding carboxylic acids is 1. The fraction of sp³-hybridized carbons (Fsp3) is 0.316. The molecular formula is C19H22N4O2S. The number of aromatic nitrogens is 3. The number of furan rings is 1. The first-order valence-corrected chi connectivity index (χ1v) is 9.52. The Hall–Kier alpha value is -2.54. The van der Waals surface area contributed by atoms with Crippen molar-refractivity contribution in [2.45, 2.75) is 37.2 Å². The van der Waals surface area contributed by atoms with Crippen LogP contribution >= 0.6 is 11.8 Å². The van der Waals surface area contributed by atoms with Gasteiger partial charge in [0.15, 0.2) is 10.9 Å². The van der Waals surface area contributed by atoms with Crippen molar-refractivity contribution in [2.24, 2.45) is 0 Å². The summed E-state index contributed by atoms with van der Waals surface area (Å²) in [5.41, 5.74) is 1.13. The standard InChI is InChI=1S/C19H22N4O2S/c1-3-11-20-18(24)14(2)26-19-22-21-17(16-10-7-12-25-16)23(19)13-15-8-5-4-6-9-15/h4-10,12,14H,3,11,13H2,1-2H3,(H,20,24). The molecule has 1 N–H and O–H groups in total. The van der Waals surface area contributed by atoms with E-state index in [0.29, 0.717) is 29.8 Å². The van der Waals surface area contributed by atoms with Crippen LogP contribution in [0.25, 0.3) is 11.6 Å². The first-order valence-electron chi connectivity index (χ1n) is 8.64. The van der Waals surface area contributed by atoms with E-state index >= 15 is 0 Å². The van der Waals surface area contributed by atoms with Crippen molar-refractivity contribution in [3.63, 3.8) is 0 Å². The summed E-state index contributed by atoms with van der Waals surface area (Å²) in [5.74, 6) is 1.32. The molecule has 1 aromatic carbocycles. The first-order chi connectivity index (χ1) is 12.7. The molecule has 6 nitrogen and oxygen atoms in total. The van der Waals surface area contributed by atoms with Gasteiger partial charge in [0.05, 0.1) is 18.1 Å². The molecule has 26 heavy (non-hydrogen) atoms. The van der Waals surface area contributed by atoms with Crippen molar-refractivity contribution < 1.29 is 9.21 Å².